The molecule has 0 spiro atoms. The lowest BCUT2D eigenvalue weighted by Crippen LogP contribution is -2.34. The topological polar surface area (TPSA) is 92.5 Å². The number of amides is 1. The first-order chi connectivity index (χ1) is 8.88. The fourth-order valence-electron chi connectivity index (χ4n) is 1.86. The van der Waals surface area contributed by atoms with Gasteiger partial charge in [-0.1, -0.05) is 11.6 Å². The number of carbonyl (C=O) groups excluding carboxylic acids is 1. The summed E-state index contributed by atoms with van der Waals surface area (Å²) in [7, 11) is -3.28. The number of carbonyl (C=O) groups is 1. The molecule has 2 rings (SSSR count). The molecule has 1 fully saturated rings. The highest BCUT2D eigenvalue weighted by Crippen LogP contribution is 2.23. The average Bonchev–Trinajstić information content (AvgIpc) is 2.63. The molecule has 6 nitrogen and oxygen atoms in total. The van der Waals surface area contributed by atoms with Gasteiger partial charge in [0, 0.05) is 11.6 Å². The zero-order valence-electron chi connectivity index (χ0n) is 10.1. The Morgan fingerprint density at radius 3 is 2.84 bits per heavy atom. The van der Waals surface area contributed by atoms with Crippen LogP contribution < -0.4 is 11.1 Å². The van der Waals surface area contributed by atoms with Crippen LogP contribution in [0.3, 0.4) is 0 Å². The number of benzene rings is 1. The van der Waals surface area contributed by atoms with E-state index < -0.39 is 15.9 Å². The second kappa shape index (κ2) is 5.36. The number of sulfonamides is 1. The maximum absolute atomic E-state index is 11.8. The molecule has 0 radical (unpaired) electrons. The Balaban J connectivity index is 2.04. The van der Waals surface area contributed by atoms with Crippen molar-refractivity contribution < 1.29 is 13.2 Å². The Bertz CT molecular complexity index is 603. The molecule has 1 aliphatic rings. The third kappa shape index (κ3) is 3.37. The highest BCUT2D eigenvalue weighted by atomic mass is 35.5. The molecule has 8 heteroatoms. The van der Waals surface area contributed by atoms with Crippen LogP contribution in [0.5, 0.6) is 0 Å². The van der Waals surface area contributed by atoms with Crippen molar-refractivity contribution in [2.24, 2.45) is 0 Å². The summed E-state index contributed by atoms with van der Waals surface area (Å²) >= 11 is 5.80. The van der Waals surface area contributed by atoms with Crippen molar-refractivity contribution >= 4 is 38.9 Å². The van der Waals surface area contributed by atoms with Gasteiger partial charge in [-0.15, -0.1) is 0 Å². The Hall–Kier alpha value is -1.31. The summed E-state index contributed by atoms with van der Waals surface area (Å²) in [6, 6.07) is 4.70. The van der Waals surface area contributed by atoms with Crippen LogP contribution in [0.4, 0.5) is 11.4 Å². The van der Waals surface area contributed by atoms with Crippen molar-refractivity contribution in [2.75, 3.05) is 29.9 Å². The SMILES string of the molecule is Nc1ccc(Cl)cc1NC(=O)CN1CCCS1(=O)=O. The predicted octanol–water partition coefficient (Wildman–Crippen LogP) is 0.896. The van der Waals surface area contributed by atoms with Gasteiger partial charge >= 0.3 is 0 Å². The van der Waals surface area contributed by atoms with Gasteiger partial charge in [0.05, 0.1) is 23.7 Å². The highest BCUT2D eigenvalue weighted by Gasteiger charge is 2.29. The maximum Gasteiger partial charge on any atom is 0.239 e. The number of halogens is 1. The first kappa shape index (κ1) is 14.1. The van der Waals surface area contributed by atoms with Crippen LogP contribution >= 0.6 is 11.6 Å². The van der Waals surface area contributed by atoms with Crippen LogP contribution in [0.15, 0.2) is 18.2 Å². The van der Waals surface area contributed by atoms with Gasteiger partial charge in [0.2, 0.25) is 15.9 Å². The van der Waals surface area contributed by atoms with Gasteiger partial charge < -0.3 is 11.1 Å². The van der Waals surface area contributed by atoms with Gasteiger partial charge in [-0.3, -0.25) is 4.79 Å². The van der Waals surface area contributed by atoms with E-state index in [4.69, 9.17) is 17.3 Å². The van der Waals surface area contributed by atoms with Crippen molar-refractivity contribution in [1.82, 2.24) is 4.31 Å². The molecule has 0 aliphatic carbocycles. The summed E-state index contributed by atoms with van der Waals surface area (Å²) in [5.74, 6) is -0.334. The van der Waals surface area contributed by atoms with Gasteiger partial charge in [-0.25, -0.2) is 8.42 Å². The Kier molecular flexibility index (Phi) is 3.98. The zero-order chi connectivity index (χ0) is 14.0. The number of anilines is 2. The molecule has 3 N–H and O–H groups in total. The summed E-state index contributed by atoms with van der Waals surface area (Å²) in [6.45, 7) is 0.176. The lowest BCUT2D eigenvalue weighted by Gasteiger charge is -2.14. The third-order valence-corrected chi connectivity index (χ3v) is 4.95. The summed E-state index contributed by atoms with van der Waals surface area (Å²) in [6.07, 6.45) is 0.551. The van der Waals surface area contributed by atoms with Crippen LogP contribution in [0, 0.1) is 0 Å². The van der Waals surface area contributed by atoms with Crippen molar-refractivity contribution in [3.8, 4) is 0 Å². The maximum atomic E-state index is 11.8. The molecule has 0 atom stereocenters. The van der Waals surface area contributed by atoms with Crippen LogP contribution in [0.2, 0.25) is 5.02 Å². The second-order valence-electron chi connectivity index (χ2n) is 4.28. The Labute approximate surface area is 116 Å². The van der Waals surface area contributed by atoms with Gasteiger partial charge in [-0.2, -0.15) is 4.31 Å². The third-order valence-electron chi connectivity index (χ3n) is 2.81. The quantitative estimate of drug-likeness (QED) is 0.811. The molecule has 1 heterocycles. The molecule has 1 amide bonds. The number of rotatable bonds is 3. The molecule has 0 saturated carbocycles. The van der Waals surface area contributed by atoms with Gasteiger partial charge in [0.25, 0.3) is 0 Å². The second-order valence-corrected chi connectivity index (χ2v) is 6.81. The standard InChI is InChI=1S/C11H14ClN3O3S/c12-8-2-3-9(13)10(6-8)14-11(16)7-15-4-1-5-19(15,17)18/h2-3,6H,1,4-5,7,13H2,(H,14,16). The first-order valence-electron chi connectivity index (χ1n) is 5.71. The van der Waals surface area contributed by atoms with Crippen molar-refractivity contribution in [3.63, 3.8) is 0 Å². The molecule has 104 valence electrons. The summed E-state index contributed by atoms with van der Waals surface area (Å²) in [5.41, 5.74) is 6.45. The number of nitrogens with one attached hydrogen (secondary N) is 1. The monoisotopic (exact) mass is 303 g/mol. The smallest absolute Gasteiger partial charge is 0.239 e. The van der Waals surface area contributed by atoms with E-state index in [-0.39, 0.29) is 12.3 Å². The van der Waals surface area contributed by atoms with E-state index in [0.29, 0.717) is 29.4 Å². The van der Waals surface area contributed by atoms with Gasteiger partial charge in [-0.05, 0) is 24.6 Å². The van der Waals surface area contributed by atoms with Gasteiger partial charge in [0.15, 0.2) is 0 Å². The number of nitrogen functional groups attached to an aromatic ring is 1. The van der Waals surface area contributed by atoms with Crippen LogP contribution in [0.1, 0.15) is 6.42 Å². The van der Waals surface area contributed by atoms with Crippen LogP contribution in [-0.4, -0.2) is 37.5 Å². The fraction of sp³-hybridized carbons (Fsp3) is 0.364. The first-order valence-corrected chi connectivity index (χ1v) is 7.70. The van der Waals surface area contributed by atoms with Crippen LogP contribution in [0.25, 0.3) is 0 Å². The lowest BCUT2D eigenvalue weighted by atomic mass is 10.2. The van der Waals surface area contributed by atoms with E-state index in [1.165, 1.54) is 10.4 Å². The van der Waals surface area contributed by atoms with E-state index in [1.54, 1.807) is 12.1 Å². The number of nitrogens with two attached hydrogens (primary N) is 1. The molecule has 19 heavy (non-hydrogen) atoms. The molecule has 0 aromatic heterocycles. The summed E-state index contributed by atoms with van der Waals surface area (Å²) in [4.78, 5) is 11.8. The summed E-state index contributed by atoms with van der Waals surface area (Å²) < 4.78 is 24.3. The molecule has 1 aliphatic heterocycles. The number of nitrogens with zero attached hydrogens (tertiary/aromatic N) is 1. The molecule has 1 saturated heterocycles. The van der Waals surface area contributed by atoms with E-state index in [1.807, 2.05) is 0 Å². The fourth-order valence-corrected chi connectivity index (χ4v) is 3.50. The van der Waals surface area contributed by atoms with Crippen LogP contribution in [-0.2, 0) is 14.8 Å². The normalized spacial score (nSPS) is 18.4. The Morgan fingerprint density at radius 1 is 1.47 bits per heavy atom. The van der Waals surface area contributed by atoms with Crippen molar-refractivity contribution in [1.29, 1.82) is 0 Å². The molecular formula is C11H14ClN3O3S. The molecular weight excluding hydrogens is 290 g/mol. The van der Waals surface area contributed by atoms with E-state index in [9.17, 15) is 13.2 Å². The molecule has 1 aromatic carbocycles. The van der Waals surface area contributed by atoms with Gasteiger partial charge in [0.1, 0.15) is 0 Å². The molecule has 0 bridgehead atoms. The van der Waals surface area contributed by atoms with E-state index >= 15 is 0 Å². The average molecular weight is 304 g/mol. The number of hydrogen-bond acceptors (Lipinski definition) is 4. The summed E-state index contributed by atoms with van der Waals surface area (Å²) in [5, 5.41) is 3.00. The zero-order valence-corrected chi connectivity index (χ0v) is 11.7. The predicted molar refractivity (Wildman–Crippen MR) is 74.5 cm³/mol. The van der Waals surface area contributed by atoms with E-state index in [2.05, 4.69) is 5.32 Å². The van der Waals surface area contributed by atoms with E-state index in [0.717, 1.165) is 0 Å². The highest BCUT2D eigenvalue weighted by molar-refractivity contribution is 7.89. The molecule has 1 aromatic rings. The largest absolute Gasteiger partial charge is 0.397 e. The minimum atomic E-state index is -3.28. The van der Waals surface area contributed by atoms with Crippen molar-refractivity contribution in [2.45, 2.75) is 6.42 Å². The lowest BCUT2D eigenvalue weighted by molar-refractivity contribution is -0.116. The minimum Gasteiger partial charge on any atom is -0.397 e. The number of hydrogen-bond donors (Lipinski definition) is 2. The minimum absolute atomic E-state index is 0.0968. The molecule has 0 unspecified atom stereocenters. The van der Waals surface area contributed by atoms with Crippen molar-refractivity contribution in [3.05, 3.63) is 23.2 Å². The Morgan fingerprint density at radius 2 is 2.21 bits per heavy atom.